The maximum absolute atomic E-state index is 13.3. The number of Topliss-reactive ketones (excluding diaryl/α,β-unsaturated/α-hetero) is 1. The van der Waals surface area contributed by atoms with Gasteiger partial charge in [-0.25, -0.2) is 4.39 Å². The minimum absolute atomic E-state index is 0.0982. The zero-order valence-corrected chi connectivity index (χ0v) is 16.6. The first-order chi connectivity index (χ1) is 14.4. The molecule has 30 heavy (non-hydrogen) atoms. The highest BCUT2D eigenvalue weighted by atomic mass is 35.5. The van der Waals surface area contributed by atoms with Gasteiger partial charge >= 0.3 is 0 Å². The van der Waals surface area contributed by atoms with E-state index in [4.69, 9.17) is 11.6 Å². The number of carbonyl (C=O) groups is 2. The number of hydrogen-bond donors (Lipinski definition) is 1. The molecule has 7 heteroatoms. The van der Waals surface area contributed by atoms with E-state index in [1.165, 1.54) is 35.4 Å². The van der Waals surface area contributed by atoms with Crippen molar-refractivity contribution in [3.8, 4) is 0 Å². The van der Waals surface area contributed by atoms with Crippen molar-refractivity contribution in [2.45, 2.75) is 13.0 Å². The number of halogens is 2. The third-order valence-electron chi connectivity index (χ3n) is 4.99. The summed E-state index contributed by atoms with van der Waals surface area (Å²) in [4.78, 5) is 31.5. The molecule has 1 atom stereocenters. The molecule has 0 bridgehead atoms. The van der Waals surface area contributed by atoms with Crippen LogP contribution >= 0.6 is 11.6 Å². The molecule has 1 aromatic heterocycles. The summed E-state index contributed by atoms with van der Waals surface area (Å²) in [7, 11) is 0. The first-order valence-corrected chi connectivity index (χ1v) is 9.49. The lowest BCUT2D eigenvalue weighted by atomic mass is 9.96. The van der Waals surface area contributed by atoms with Gasteiger partial charge in [0.2, 0.25) is 0 Å². The average molecular weight is 423 g/mol. The van der Waals surface area contributed by atoms with Crippen LogP contribution in [0.3, 0.4) is 0 Å². The van der Waals surface area contributed by atoms with Gasteiger partial charge in [-0.15, -0.1) is 0 Å². The summed E-state index contributed by atoms with van der Waals surface area (Å²) in [5.74, 6) is -2.50. The highest BCUT2D eigenvalue weighted by Gasteiger charge is 2.47. The molecular weight excluding hydrogens is 407 g/mol. The number of benzene rings is 2. The zero-order valence-electron chi connectivity index (χ0n) is 15.8. The molecule has 0 aliphatic carbocycles. The van der Waals surface area contributed by atoms with Crippen LogP contribution in [0.25, 0.3) is 5.76 Å². The lowest BCUT2D eigenvalue weighted by Crippen LogP contribution is -2.30. The Morgan fingerprint density at radius 1 is 1.13 bits per heavy atom. The largest absolute Gasteiger partial charge is 0.507 e. The Kier molecular flexibility index (Phi) is 5.10. The third kappa shape index (κ3) is 3.35. The number of ketones is 1. The molecule has 0 spiro atoms. The normalized spacial score (nSPS) is 18.1. The fourth-order valence-electron chi connectivity index (χ4n) is 3.54. The molecule has 1 unspecified atom stereocenters. The van der Waals surface area contributed by atoms with E-state index >= 15 is 0 Å². The smallest absolute Gasteiger partial charge is 0.300 e. The van der Waals surface area contributed by atoms with E-state index in [9.17, 15) is 19.1 Å². The Balaban J connectivity index is 1.97. The molecule has 0 radical (unpaired) electrons. The predicted molar refractivity (Wildman–Crippen MR) is 112 cm³/mol. The number of aliphatic hydroxyl groups excluding tert-OH is 1. The SMILES string of the molecule is Cc1ccc(Cl)cc1N1C(=O)C(=O)/C(=C(/O)c2ccc(F)cc2)C1c1cccnc1. The third-order valence-corrected chi connectivity index (χ3v) is 5.23. The van der Waals surface area contributed by atoms with Gasteiger partial charge in [0.15, 0.2) is 0 Å². The molecular formula is C23H16ClFN2O3. The fraction of sp³-hybridized carbons (Fsp3) is 0.0870. The van der Waals surface area contributed by atoms with Crippen LogP contribution in [-0.4, -0.2) is 21.8 Å². The lowest BCUT2D eigenvalue weighted by Gasteiger charge is -2.26. The van der Waals surface area contributed by atoms with Gasteiger partial charge in [0.1, 0.15) is 11.6 Å². The highest BCUT2D eigenvalue weighted by Crippen LogP contribution is 2.43. The summed E-state index contributed by atoms with van der Waals surface area (Å²) in [6.45, 7) is 1.80. The van der Waals surface area contributed by atoms with Crippen LogP contribution in [0.1, 0.15) is 22.7 Å². The van der Waals surface area contributed by atoms with Gasteiger partial charge < -0.3 is 5.11 Å². The maximum Gasteiger partial charge on any atom is 0.300 e. The van der Waals surface area contributed by atoms with Gasteiger partial charge in [0.25, 0.3) is 11.7 Å². The van der Waals surface area contributed by atoms with Crippen molar-refractivity contribution in [1.29, 1.82) is 0 Å². The number of aliphatic hydroxyl groups is 1. The molecule has 2 heterocycles. The standard InChI is InChI=1S/C23H16ClFN2O3/c1-13-4-7-16(24)11-18(13)27-20(15-3-2-10-26-12-15)19(22(29)23(27)30)21(28)14-5-8-17(25)9-6-14/h2-12,20,28H,1H3/b21-19+. The van der Waals surface area contributed by atoms with Crippen LogP contribution in [0.5, 0.6) is 0 Å². The second-order valence-corrected chi connectivity index (χ2v) is 7.33. The zero-order chi connectivity index (χ0) is 21.4. The lowest BCUT2D eigenvalue weighted by molar-refractivity contribution is -0.132. The Bertz CT molecular complexity index is 1180. The Labute approximate surface area is 177 Å². The van der Waals surface area contributed by atoms with Gasteiger partial charge in [-0.1, -0.05) is 23.7 Å². The van der Waals surface area contributed by atoms with Crippen LogP contribution < -0.4 is 4.90 Å². The molecule has 2 aromatic carbocycles. The highest BCUT2D eigenvalue weighted by molar-refractivity contribution is 6.52. The van der Waals surface area contributed by atoms with Crippen molar-refractivity contribution < 1.29 is 19.1 Å². The van der Waals surface area contributed by atoms with E-state index in [0.29, 0.717) is 16.3 Å². The van der Waals surface area contributed by atoms with Crippen LogP contribution in [0, 0.1) is 12.7 Å². The minimum Gasteiger partial charge on any atom is -0.507 e. The van der Waals surface area contributed by atoms with Crippen LogP contribution in [-0.2, 0) is 9.59 Å². The number of anilines is 1. The predicted octanol–water partition coefficient (Wildman–Crippen LogP) is 4.81. The van der Waals surface area contributed by atoms with Crippen molar-refractivity contribution in [1.82, 2.24) is 4.98 Å². The van der Waals surface area contributed by atoms with Crippen molar-refractivity contribution in [2.75, 3.05) is 4.90 Å². The van der Waals surface area contributed by atoms with Crippen molar-refractivity contribution in [3.05, 3.63) is 100 Å². The summed E-state index contributed by atoms with van der Waals surface area (Å²) in [6, 6.07) is 12.6. The van der Waals surface area contributed by atoms with Crippen molar-refractivity contribution in [3.63, 3.8) is 0 Å². The van der Waals surface area contributed by atoms with Crippen LogP contribution in [0.2, 0.25) is 5.02 Å². The number of aryl methyl sites for hydroxylation is 1. The van der Waals surface area contributed by atoms with E-state index < -0.39 is 23.5 Å². The van der Waals surface area contributed by atoms with E-state index in [2.05, 4.69) is 4.98 Å². The van der Waals surface area contributed by atoms with E-state index in [1.807, 2.05) is 0 Å². The molecule has 1 amide bonds. The minimum atomic E-state index is -0.916. The fourth-order valence-corrected chi connectivity index (χ4v) is 3.71. The molecule has 1 saturated heterocycles. The Hall–Kier alpha value is -3.51. The van der Waals surface area contributed by atoms with Crippen LogP contribution in [0.4, 0.5) is 10.1 Å². The van der Waals surface area contributed by atoms with Gasteiger partial charge in [0, 0.05) is 28.7 Å². The number of carbonyl (C=O) groups excluding carboxylic acids is 2. The summed E-state index contributed by atoms with van der Waals surface area (Å²) in [6.07, 6.45) is 3.10. The van der Waals surface area contributed by atoms with Gasteiger partial charge in [-0.05, 0) is 60.5 Å². The Morgan fingerprint density at radius 3 is 2.53 bits per heavy atom. The van der Waals surface area contributed by atoms with Crippen molar-refractivity contribution >= 4 is 34.7 Å². The number of aromatic nitrogens is 1. The molecule has 3 aromatic rings. The molecule has 1 N–H and O–H groups in total. The summed E-state index contributed by atoms with van der Waals surface area (Å²) < 4.78 is 13.3. The first-order valence-electron chi connectivity index (χ1n) is 9.11. The number of amides is 1. The molecule has 1 aliphatic heterocycles. The Morgan fingerprint density at radius 2 is 1.87 bits per heavy atom. The quantitative estimate of drug-likeness (QED) is 0.373. The maximum atomic E-state index is 13.3. The monoisotopic (exact) mass is 422 g/mol. The molecule has 150 valence electrons. The molecule has 0 saturated carbocycles. The molecule has 1 fully saturated rings. The second-order valence-electron chi connectivity index (χ2n) is 6.89. The summed E-state index contributed by atoms with van der Waals surface area (Å²) in [5.41, 5.74) is 1.86. The van der Waals surface area contributed by atoms with Crippen molar-refractivity contribution in [2.24, 2.45) is 0 Å². The number of pyridine rings is 1. The number of rotatable bonds is 3. The van der Waals surface area contributed by atoms with E-state index in [0.717, 1.165) is 5.56 Å². The first kappa shape index (κ1) is 19.8. The molecule has 1 aliphatic rings. The average Bonchev–Trinajstić information content (AvgIpc) is 3.01. The van der Waals surface area contributed by atoms with Crippen LogP contribution in [0.15, 0.2) is 72.6 Å². The second kappa shape index (κ2) is 7.72. The van der Waals surface area contributed by atoms with Gasteiger partial charge in [-0.2, -0.15) is 0 Å². The summed E-state index contributed by atoms with van der Waals surface area (Å²) in [5, 5.41) is 11.3. The summed E-state index contributed by atoms with van der Waals surface area (Å²) >= 11 is 6.15. The molecule has 5 nitrogen and oxygen atoms in total. The topological polar surface area (TPSA) is 70.5 Å². The number of hydrogen-bond acceptors (Lipinski definition) is 4. The van der Waals surface area contributed by atoms with E-state index in [-0.39, 0.29) is 16.9 Å². The van der Waals surface area contributed by atoms with Gasteiger partial charge in [0.05, 0.1) is 11.6 Å². The molecule has 4 rings (SSSR count). The van der Waals surface area contributed by atoms with Gasteiger partial charge in [-0.3, -0.25) is 19.5 Å². The van der Waals surface area contributed by atoms with E-state index in [1.54, 1.807) is 43.5 Å². The number of nitrogens with zero attached hydrogens (tertiary/aromatic N) is 2.